The highest BCUT2D eigenvalue weighted by Crippen LogP contribution is 2.35. The normalized spacial score (nSPS) is 14.2. The fourth-order valence-electron chi connectivity index (χ4n) is 1.96. The number of halogens is 4. The summed E-state index contributed by atoms with van der Waals surface area (Å²) in [5.74, 6) is -1.63. The average molecular weight is 346 g/mol. The first kappa shape index (κ1) is 17.7. The van der Waals surface area contributed by atoms with Crippen molar-refractivity contribution in [3.8, 4) is 0 Å². The number of rotatable bonds is 4. The van der Waals surface area contributed by atoms with Crippen LogP contribution in [0.2, 0.25) is 0 Å². The summed E-state index contributed by atoms with van der Waals surface area (Å²) in [6.07, 6.45) is -2.82. The standard InChI is InChI=1S/C14H14F4N4O2/c1-13(24,7-22-6-8(15)5-20-22)12(23)21-9-2-3-11(19)10(4-9)14(16,17)18/h2-6,24H,7,19H2,1H3,(H,21,23). The van der Waals surface area contributed by atoms with Crippen LogP contribution >= 0.6 is 0 Å². The number of carbonyl (C=O) groups excluding carboxylic acids is 1. The first-order chi connectivity index (χ1) is 11.0. The van der Waals surface area contributed by atoms with Gasteiger partial charge in [0.2, 0.25) is 0 Å². The maximum atomic E-state index is 12.9. The van der Waals surface area contributed by atoms with Crippen LogP contribution in [0.25, 0.3) is 0 Å². The van der Waals surface area contributed by atoms with Gasteiger partial charge in [0.05, 0.1) is 24.5 Å². The molecule has 0 fully saturated rings. The Kier molecular flexibility index (Phi) is 4.52. The summed E-state index contributed by atoms with van der Waals surface area (Å²) in [5.41, 5.74) is 1.46. The molecular weight excluding hydrogens is 332 g/mol. The van der Waals surface area contributed by atoms with E-state index in [2.05, 4.69) is 10.4 Å². The lowest BCUT2D eigenvalue weighted by molar-refractivity contribution is -0.137. The van der Waals surface area contributed by atoms with E-state index in [-0.39, 0.29) is 12.2 Å². The predicted octanol–water partition coefficient (Wildman–Crippen LogP) is 2.01. The lowest BCUT2D eigenvalue weighted by Crippen LogP contribution is -2.43. The van der Waals surface area contributed by atoms with E-state index in [0.29, 0.717) is 6.07 Å². The van der Waals surface area contributed by atoms with Crippen LogP contribution in [0.4, 0.5) is 28.9 Å². The van der Waals surface area contributed by atoms with Crippen LogP contribution in [0, 0.1) is 5.82 Å². The van der Waals surface area contributed by atoms with Gasteiger partial charge in [0.1, 0.15) is 0 Å². The van der Waals surface area contributed by atoms with E-state index in [1.807, 2.05) is 0 Å². The Labute approximate surface area is 133 Å². The lowest BCUT2D eigenvalue weighted by Gasteiger charge is -2.22. The zero-order valence-corrected chi connectivity index (χ0v) is 12.4. The molecule has 2 rings (SSSR count). The minimum atomic E-state index is -4.68. The molecule has 0 saturated carbocycles. The molecule has 1 heterocycles. The molecule has 6 nitrogen and oxygen atoms in total. The summed E-state index contributed by atoms with van der Waals surface area (Å²) in [6.45, 7) is 0.744. The van der Waals surface area contributed by atoms with Crippen LogP contribution in [0.3, 0.4) is 0 Å². The number of alkyl halides is 3. The molecule has 1 amide bonds. The minimum Gasteiger partial charge on any atom is -0.398 e. The average Bonchev–Trinajstić information content (AvgIpc) is 2.84. The third kappa shape index (κ3) is 4.02. The van der Waals surface area contributed by atoms with Crippen molar-refractivity contribution in [3.63, 3.8) is 0 Å². The number of nitrogens with one attached hydrogen (secondary N) is 1. The summed E-state index contributed by atoms with van der Waals surface area (Å²) in [7, 11) is 0. The van der Waals surface area contributed by atoms with Gasteiger partial charge in [-0.2, -0.15) is 18.3 Å². The fourth-order valence-corrected chi connectivity index (χ4v) is 1.96. The van der Waals surface area contributed by atoms with E-state index < -0.39 is 34.8 Å². The summed E-state index contributed by atoms with van der Waals surface area (Å²) in [6, 6.07) is 2.83. The number of nitrogens with two attached hydrogens (primary N) is 1. The molecule has 2 aromatic rings. The quantitative estimate of drug-likeness (QED) is 0.583. The maximum Gasteiger partial charge on any atom is 0.418 e. The number of aliphatic hydroxyl groups is 1. The summed E-state index contributed by atoms with van der Waals surface area (Å²) < 4.78 is 52.3. The topological polar surface area (TPSA) is 93.2 Å². The Morgan fingerprint density at radius 2 is 2.08 bits per heavy atom. The van der Waals surface area contributed by atoms with Gasteiger partial charge in [0.15, 0.2) is 11.4 Å². The smallest absolute Gasteiger partial charge is 0.398 e. The van der Waals surface area contributed by atoms with E-state index in [1.165, 1.54) is 6.07 Å². The van der Waals surface area contributed by atoms with Crippen molar-refractivity contribution >= 4 is 17.3 Å². The maximum absolute atomic E-state index is 12.9. The Bertz CT molecular complexity index is 755. The molecular formula is C14H14F4N4O2. The van der Waals surface area contributed by atoms with Crippen LogP contribution in [0.5, 0.6) is 0 Å². The highest BCUT2D eigenvalue weighted by Gasteiger charge is 2.35. The first-order valence-electron chi connectivity index (χ1n) is 6.67. The van der Waals surface area contributed by atoms with Crippen LogP contribution in [-0.4, -0.2) is 26.4 Å². The Balaban J connectivity index is 2.16. The third-order valence-corrected chi connectivity index (χ3v) is 3.18. The second kappa shape index (κ2) is 6.11. The SMILES string of the molecule is CC(O)(Cn1cc(F)cn1)C(=O)Nc1ccc(N)c(C(F)(F)F)c1. The molecule has 1 unspecified atom stereocenters. The van der Waals surface area contributed by atoms with Gasteiger partial charge in [0, 0.05) is 11.4 Å². The van der Waals surface area contributed by atoms with Gasteiger partial charge in [-0.05, 0) is 25.1 Å². The summed E-state index contributed by atoms with van der Waals surface area (Å²) in [5, 5.41) is 15.9. The van der Waals surface area contributed by atoms with Gasteiger partial charge < -0.3 is 16.2 Å². The van der Waals surface area contributed by atoms with Crippen molar-refractivity contribution < 1.29 is 27.5 Å². The number of hydrogen-bond donors (Lipinski definition) is 3. The molecule has 1 aromatic carbocycles. The number of benzene rings is 1. The van der Waals surface area contributed by atoms with Gasteiger partial charge >= 0.3 is 6.18 Å². The van der Waals surface area contributed by atoms with Crippen LogP contribution in [0.15, 0.2) is 30.6 Å². The second-order valence-electron chi connectivity index (χ2n) is 5.38. The molecule has 0 spiro atoms. The van der Waals surface area contributed by atoms with Crippen molar-refractivity contribution in [2.75, 3.05) is 11.1 Å². The van der Waals surface area contributed by atoms with Gasteiger partial charge in [-0.15, -0.1) is 0 Å². The number of nitrogens with zero attached hydrogens (tertiary/aromatic N) is 2. The van der Waals surface area contributed by atoms with Crippen LogP contribution in [-0.2, 0) is 17.5 Å². The third-order valence-electron chi connectivity index (χ3n) is 3.18. The van der Waals surface area contributed by atoms with E-state index in [0.717, 1.165) is 30.1 Å². The highest BCUT2D eigenvalue weighted by molar-refractivity contribution is 5.97. The molecule has 1 aromatic heterocycles. The first-order valence-corrected chi connectivity index (χ1v) is 6.67. The Hall–Kier alpha value is -2.62. The van der Waals surface area contributed by atoms with Crippen molar-refractivity contribution in [3.05, 3.63) is 42.0 Å². The van der Waals surface area contributed by atoms with E-state index in [4.69, 9.17) is 5.73 Å². The lowest BCUT2D eigenvalue weighted by atomic mass is 10.1. The van der Waals surface area contributed by atoms with E-state index in [1.54, 1.807) is 0 Å². The second-order valence-corrected chi connectivity index (χ2v) is 5.38. The molecule has 0 radical (unpaired) electrons. The molecule has 0 saturated heterocycles. The number of carbonyl (C=O) groups is 1. The molecule has 0 aliphatic heterocycles. The molecule has 24 heavy (non-hydrogen) atoms. The monoisotopic (exact) mass is 346 g/mol. The largest absolute Gasteiger partial charge is 0.418 e. The molecule has 0 aliphatic rings. The van der Waals surface area contributed by atoms with Gasteiger partial charge in [-0.25, -0.2) is 4.39 Å². The molecule has 4 N–H and O–H groups in total. The van der Waals surface area contributed by atoms with Gasteiger partial charge in [0.25, 0.3) is 5.91 Å². The number of hydrogen-bond acceptors (Lipinski definition) is 4. The zero-order valence-electron chi connectivity index (χ0n) is 12.4. The van der Waals surface area contributed by atoms with Crippen molar-refractivity contribution in [1.29, 1.82) is 0 Å². The van der Waals surface area contributed by atoms with Gasteiger partial charge in [-0.3, -0.25) is 9.48 Å². The van der Waals surface area contributed by atoms with E-state index >= 15 is 0 Å². The molecule has 10 heteroatoms. The number of anilines is 2. The van der Waals surface area contributed by atoms with Crippen molar-refractivity contribution in [2.24, 2.45) is 0 Å². The zero-order chi connectivity index (χ0) is 18.1. The van der Waals surface area contributed by atoms with Crippen molar-refractivity contribution in [2.45, 2.75) is 25.2 Å². The summed E-state index contributed by atoms with van der Waals surface area (Å²) in [4.78, 5) is 12.1. The summed E-state index contributed by atoms with van der Waals surface area (Å²) >= 11 is 0. The fraction of sp³-hybridized carbons (Fsp3) is 0.286. The molecule has 0 aliphatic carbocycles. The van der Waals surface area contributed by atoms with Crippen molar-refractivity contribution in [1.82, 2.24) is 9.78 Å². The molecule has 0 bridgehead atoms. The Morgan fingerprint density at radius 3 is 2.62 bits per heavy atom. The van der Waals surface area contributed by atoms with Crippen LogP contribution in [0.1, 0.15) is 12.5 Å². The number of amides is 1. The van der Waals surface area contributed by atoms with Gasteiger partial charge in [-0.1, -0.05) is 0 Å². The number of nitrogen functional groups attached to an aromatic ring is 1. The number of aromatic nitrogens is 2. The highest BCUT2D eigenvalue weighted by atomic mass is 19.4. The van der Waals surface area contributed by atoms with Crippen LogP contribution < -0.4 is 11.1 Å². The van der Waals surface area contributed by atoms with E-state index in [9.17, 15) is 27.5 Å². The Morgan fingerprint density at radius 1 is 1.42 bits per heavy atom. The molecule has 1 atom stereocenters. The molecule has 130 valence electrons. The predicted molar refractivity (Wildman–Crippen MR) is 77.3 cm³/mol. The minimum absolute atomic E-state index is 0.187.